The zero-order valence-electron chi connectivity index (χ0n) is 17.8. The topological polar surface area (TPSA) is 61.3 Å². The third-order valence-electron chi connectivity index (χ3n) is 5.70. The number of benzene rings is 2. The van der Waals surface area contributed by atoms with Crippen molar-refractivity contribution >= 4 is 19.7 Å². The SMILES string of the molecule is CC(C)(C)[Si](C)(C)OCCCc1cc(-c2ccccc2C(F)(F)F)cc(N)c1N. The van der Waals surface area contributed by atoms with Crippen LogP contribution in [0.4, 0.5) is 24.5 Å². The number of aryl methyl sites for hydroxylation is 1. The number of halogens is 3. The van der Waals surface area contributed by atoms with Crippen LogP contribution in [0, 0.1) is 0 Å². The normalized spacial score (nSPS) is 13.0. The molecule has 2 aromatic rings. The van der Waals surface area contributed by atoms with Gasteiger partial charge in [-0.25, -0.2) is 0 Å². The van der Waals surface area contributed by atoms with E-state index in [-0.39, 0.29) is 10.6 Å². The molecule has 0 aromatic heterocycles. The third-order valence-corrected chi connectivity index (χ3v) is 10.2. The molecular weight excluding hydrogens is 393 g/mol. The zero-order chi connectivity index (χ0) is 22.0. The Kier molecular flexibility index (Phi) is 6.74. The second-order valence-corrected chi connectivity index (χ2v) is 13.7. The summed E-state index contributed by atoms with van der Waals surface area (Å²) in [5, 5.41) is 0.123. The van der Waals surface area contributed by atoms with Crippen molar-refractivity contribution in [3.05, 3.63) is 47.5 Å². The maximum Gasteiger partial charge on any atom is 0.417 e. The first kappa shape index (κ1) is 23.3. The Balaban J connectivity index is 2.24. The van der Waals surface area contributed by atoms with Gasteiger partial charge in [-0.05, 0) is 65.9 Å². The third kappa shape index (κ3) is 5.54. The van der Waals surface area contributed by atoms with E-state index in [1.54, 1.807) is 12.1 Å². The van der Waals surface area contributed by atoms with Crippen LogP contribution in [0.3, 0.4) is 0 Å². The summed E-state index contributed by atoms with van der Waals surface area (Å²) < 4.78 is 46.4. The molecule has 0 radical (unpaired) electrons. The second-order valence-electron chi connectivity index (χ2n) is 8.89. The molecule has 0 heterocycles. The number of nitrogen functional groups attached to an aromatic ring is 2. The Morgan fingerprint density at radius 1 is 1.00 bits per heavy atom. The average molecular weight is 425 g/mol. The van der Waals surface area contributed by atoms with E-state index in [1.165, 1.54) is 18.2 Å². The fourth-order valence-electron chi connectivity index (χ4n) is 2.89. The molecule has 2 aromatic carbocycles. The predicted molar refractivity (Wildman–Crippen MR) is 117 cm³/mol. The van der Waals surface area contributed by atoms with Gasteiger partial charge in [0.15, 0.2) is 8.32 Å². The van der Waals surface area contributed by atoms with Gasteiger partial charge in [-0.1, -0.05) is 39.0 Å². The summed E-state index contributed by atoms with van der Waals surface area (Å²) in [6.07, 6.45) is -3.13. The van der Waals surface area contributed by atoms with E-state index in [0.29, 0.717) is 30.0 Å². The number of hydrogen-bond donors (Lipinski definition) is 2. The minimum Gasteiger partial charge on any atom is -0.417 e. The molecule has 4 N–H and O–H groups in total. The molecule has 0 saturated heterocycles. The van der Waals surface area contributed by atoms with Gasteiger partial charge >= 0.3 is 6.18 Å². The Morgan fingerprint density at radius 3 is 2.21 bits per heavy atom. The molecule has 160 valence electrons. The minimum atomic E-state index is -4.44. The molecule has 3 nitrogen and oxygen atoms in total. The molecule has 2 rings (SSSR count). The highest BCUT2D eigenvalue weighted by atomic mass is 28.4. The molecule has 0 fully saturated rings. The molecule has 0 spiro atoms. The van der Waals surface area contributed by atoms with E-state index in [4.69, 9.17) is 15.9 Å². The quantitative estimate of drug-likeness (QED) is 0.316. The smallest absolute Gasteiger partial charge is 0.417 e. The van der Waals surface area contributed by atoms with Gasteiger partial charge in [0, 0.05) is 6.61 Å². The lowest BCUT2D eigenvalue weighted by molar-refractivity contribution is -0.137. The van der Waals surface area contributed by atoms with Crippen LogP contribution >= 0.6 is 0 Å². The minimum absolute atomic E-state index is 0.102. The number of nitrogens with two attached hydrogens (primary N) is 2. The Bertz CT molecular complexity index is 858. The van der Waals surface area contributed by atoms with Crippen LogP contribution < -0.4 is 11.5 Å². The predicted octanol–water partition coefficient (Wildman–Crippen LogP) is 6.49. The number of rotatable bonds is 6. The fraction of sp³-hybridized carbons (Fsp3) is 0.455. The van der Waals surface area contributed by atoms with Crippen molar-refractivity contribution in [1.29, 1.82) is 0 Å². The van der Waals surface area contributed by atoms with Crippen LogP contribution in [0.5, 0.6) is 0 Å². The molecule has 29 heavy (non-hydrogen) atoms. The van der Waals surface area contributed by atoms with Crippen molar-refractivity contribution in [3.63, 3.8) is 0 Å². The number of hydrogen-bond acceptors (Lipinski definition) is 3. The molecule has 0 aliphatic rings. The number of anilines is 2. The number of alkyl halides is 3. The highest BCUT2D eigenvalue weighted by molar-refractivity contribution is 6.74. The lowest BCUT2D eigenvalue weighted by atomic mass is 9.95. The first-order chi connectivity index (χ1) is 13.2. The van der Waals surface area contributed by atoms with E-state index in [0.717, 1.165) is 18.1 Å². The van der Waals surface area contributed by atoms with Crippen molar-refractivity contribution in [2.75, 3.05) is 18.1 Å². The summed E-state index contributed by atoms with van der Waals surface area (Å²) in [4.78, 5) is 0. The van der Waals surface area contributed by atoms with Gasteiger partial charge in [-0.2, -0.15) is 13.2 Å². The van der Waals surface area contributed by atoms with E-state index in [1.807, 2.05) is 0 Å². The van der Waals surface area contributed by atoms with Crippen LogP contribution in [0.1, 0.15) is 38.3 Å². The Morgan fingerprint density at radius 2 is 1.62 bits per heavy atom. The van der Waals surface area contributed by atoms with Gasteiger partial charge in [-0.15, -0.1) is 0 Å². The maximum absolute atomic E-state index is 13.4. The maximum atomic E-state index is 13.4. The van der Waals surface area contributed by atoms with E-state index in [2.05, 4.69) is 33.9 Å². The monoisotopic (exact) mass is 424 g/mol. The van der Waals surface area contributed by atoms with Crippen LogP contribution in [0.25, 0.3) is 11.1 Å². The van der Waals surface area contributed by atoms with Crippen LogP contribution in [0.2, 0.25) is 18.1 Å². The lowest BCUT2D eigenvalue weighted by Crippen LogP contribution is -2.41. The summed E-state index contributed by atoms with van der Waals surface area (Å²) in [5.74, 6) is 0. The molecule has 7 heteroatoms. The Labute approximate surface area is 172 Å². The molecule has 0 aliphatic heterocycles. The van der Waals surface area contributed by atoms with Gasteiger partial charge in [0.25, 0.3) is 0 Å². The second kappa shape index (κ2) is 8.40. The summed E-state index contributed by atoms with van der Waals surface area (Å²) in [6.45, 7) is 11.5. The van der Waals surface area contributed by atoms with Crippen molar-refractivity contribution < 1.29 is 17.6 Å². The van der Waals surface area contributed by atoms with Crippen molar-refractivity contribution in [1.82, 2.24) is 0 Å². The van der Waals surface area contributed by atoms with E-state index < -0.39 is 20.1 Å². The van der Waals surface area contributed by atoms with Gasteiger partial charge in [0.05, 0.1) is 16.9 Å². The van der Waals surface area contributed by atoms with E-state index >= 15 is 0 Å². The molecule has 0 amide bonds. The first-order valence-corrected chi connectivity index (χ1v) is 12.6. The van der Waals surface area contributed by atoms with Gasteiger partial charge in [0.2, 0.25) is 0 Å². The summed E-state index contributed by atoms with van der Waals surface area (Å²) in [7, 11) is -1.84. The molecule has 0 aliphatic carbocycles. The molecule has 0 atom stereocenters. The fourth-order valence-corrected chi connectivity index (χ4v) is 3.98. The van der Waals surface area contributed by atoms with Gasteiger partial charge in [-0.3, -0.25) is 0 Å². The largest absolute Gasteiger partial charge is 0.417 e. The van der Waals surface area contributed by atoms with Crippen LogP contribution in [-0.4, -0.2) is 14.9 Å². The summed E-state index contributed by atoms with van der Waals surface area (Å²) in [5.41, 5.74) is 13.4. The lowest BCUT2D eigenvalue weighted by Gasteiger charge is -2.36. The molecule has 0 bridgehead atoms. The highest BCUT2D eigenvalue weighted by Gasteiger charge is 2.37. The van der Waals surface area contributed by atoms with E-state index in [9.17, 15) is 13.2 Å². The van der Waals surface area contributed by atoms with Crippen LogP contribution in [-0.2, 0) is 17.0 Å². The highest BCUT2D eigenvalue weighted by Crippen LogP contribution is 2.39. The first-order valence-electron chi connectivity index (χ1n) is 9.72. The average Bonchev–Trinajstić information content (AvgIpc) is 2.60. The molecular formula is C22H31F3N2OSi. The van der Waals surface area contributed by atoms with Crippen LogP contribution in [0.15, 0.2) is 36.4 Å². The van der Waals surface area contributed by atoms with Gasteiger partial charge < -0.3 is 15.9 Å². The van der Waals surface area contributed by atoms with Gasteiger partial charge in [0.1, 0.15) is 0 Å². The Hall–Kier alpha value is -1.99. The molecule has 0 unspecified atom stereocenters. The van der Waals surface area contributed by atoms with Crippen molar-refractivity contribution in [2.45, 2.75) is 57.9 Å². The molecule has 0 saturated carbocycles. The zero-order valence-corrected chi connectivity index (χ0v) is 18.8. The standard InChI is InChI=1S/C22H31F3N2OSi/c1-21(2,3)29(4,5)28-12-8-9-15-13-16(14-19(26)20(15)27)17-10-6-7-11-18(17)22(23,24)25/h6-7,10-11,13-14H,8-9,12,26-27H2,1-5H3. The summed E-state index contributed by atoms with van der Waals surface area (Å²) >= 11 is 0. The summed E-state index contributed by atoms with van der Waals surface area (Å²) in [6, 6.07) is 8.72. The van der Waals surface area contributed by atoms with Crippen molar-refractivity contribution in [3.8, 4) is 11.1 Å². The van der Waals surface area contributed by atoms with Crippen molar-refractivity contribution in [2.24, 2.45) is 0 Å².